The molecule has 2 rings (SSSR count). The second kappa shape index (κ2) is 4.99. The molecule has 1 N–H and O–H groups in total. The molecule has 1 amide bonds. The number of nitrogens with one attached hydrogen (secondary N) is 1. The van der Waals surface area contributed by atoms with Crippen LogP contribution in [-0.4, -0.2) is 16.1 Å². The molecule has 1 aromatic heterocycles. The van der Waals surface area contributed by atoms with Gasteiger partial charge in [-0.1, -0.05) is 29.9 Å². The first kappa shape index (κ1) is 13.9. The van der Waals surface area contributed by atoms with E-state index in [1.807, 2.05) is 51.1 Å². The second-order valence-corrected chi connectivity index (χ2v) is 4.85. The largest absolute Gasteiger partial charge is 1.00 e. The number of hydrogen-bond acceptors (Lipinski definition) is 1. The summed E-state index contributed by atoms with van der Waals surface area (Å²) in [6, 6.07) is 9.41. The van der Waals surface area contributed by atoms with Crippen molar-refractivity contribution in [2.24, 2.45) is 0 Å². The van der Waals surface area contributed by atoms with Crippen molar-refractivity contribution in [1.82, 2.24) is 9.88 Å². The normalized spacial score (nSPS) is 11.0. The summed E-state index contributed by atoms with van der Waals surface area (Å²) in [6.45, 7) is 5.86. The molecule has 0 unspecified atom stereocenters. The van der Waals surface area contributed by atoms with Crippen LogP contribution < -0.4 is 24.2 Å². The van der Waals surface area contributed by atoms with Crippen molar-refractivity contribution in [3.8, 4) is 0 Å². The summed E-state index contributed by atoms with van der Waals surface area (Å²) in [7, 11) is 0. The number of para-hydroxylation sites is 1. The van der Waals surface area contributed by atoms with Crippen LogP contribution in [0, 0.1) is 6.20 Å². The number of nitrogens with zero attached hydrogens (tertiary/aromatic N) is 1. The van der Waals surface area contributed by atoms with Gasteiger partial charge in [-0.25, -0.2) is 0 Å². The molecule has 0 radical (unpaired) electrons. The first-order valence-corrected chi connectivity index (χ1v) is 5.28. The van der Waals surface area contributed by atoms with Crippen LogP contribution in [0.25, 0.3) is 10.9 Å². The molecule has 0 saturated heterocycles. The quantitative estimate of drug-likeness (QED) is 0.486. The second-order valence-electron chi connectivity index (χ2n) is 4.85. The van der Waals surface area contributed by atoms with Crippen LogP contribution in [0.4, 0.5) is 4.79 Å². The van der Waals surface area contributed by atoms with Crippen LogP contribution >= 0.6 is 0 Å². The minimum atomic E-state index is -0.240. The fraction of sp³-hybridized carbons (Fsp3) is 0.308. The number of amides is 1. The molecular weight excluding hydrogens is 207 g/mol. The third-order valence-corrected chi connectivity index (χ3v) is 2.21. The van der Waals surface area contributed by atoms with Crippen LogP contribution in [0.2, 0.25) is 0 Å². The summed E-state index contributed by atoms with van der Waals surface area (Å²) in [6.07, 6.45) is 2.94. The Hall–Kier alpha value is -1.17. The van der Waals surface area contributed by atoms with Gasteiger partial charge in [0.15, 0.2) is 0 Å². The molecule has 0 saturated carbocycles. The van der Waals surface area contributed by atoms with Gasteiger partial charge in [-0.05, 0) is 20.8 Å². The number of aromatic nitrogens is 1. The summed E-state index contributed by atoms with van der Waals surface area (Å²) in [5, 5.41) is 3.93. The van der Waals surface area contributed by atoms with E-state index in [2.05, 4.69) is 11.5 Å². The standard InChI is InChI=1S/C13H15N2O.Li/c1-13(2,3)14-12(16)15-9-8-10-6-4-5-7-11(10)15;/h4-8H,1-3H3,(H,14,16);/q-1;+1. The van der Waals surface area contributed by atoms with Crippen molar-refractivity contribution >= 4 is 16.9 Å². The maximum absolute atomic E-state index is 12.0. The van der Waals surface area contributed by atoms with Crippen LogP contribution in [0.1, 0.15) is 20.8 Å². The predicted molar refractivity (Wildman–Crippen MR) is 64.5 cm³/mol. The molecule has 0 bridgehead atoms. The molecule has 0 fully saturated rings. The Labute approximate surface area is 113 Å². The van der Waals surface area contributed by atoms with Gasteiger partial charge in [-0.3, -0.25) is 0 Å². The van der Waals surface area contributed by atoms with Gasteiger partial charge in [0.25, 0.3) is 0 Å². The summed E-state index contributed by atoms with van der Waals surface area (Å²) >= 11 is 0. The van der Waals surface area contributed by atoms with E-state index in [0.717, 1.165) is 10.9 Å². The minimum Gasteiger partial charge on any atom is -0.397 e. The maximum Gasteiger partial charge on any atom is 1.00 e. The Morgan fingerprint density at radius 3 is 2.59 bits per heavy atom. The van der Waals surface area contributed by atoms with Crippen molar-refractivity contribution < 1.29 is 23.7 Å². The smallest absolute Gasteiger partial charge is 0.397 e. The molecule has 4 heteroatoms. The molecule has 0 aliphatic rings. The van der Waals surface area contributed by atoms with E-state index in [-0.39, 0.29) is 30.4 Å². The van der Waals surface area contributed by atoms with E-state index in [1.54, 1.807) is 0 Å². The Morgan fingerprint density at radius 1 is 1.29 bits per heavy atom. The van der Waals surface area contributed by atoms with Gasteiger partial charge in [-0.2, -0.15) is 0 Å². The van der Waals surface area contributed by atoms with Crippen LogP contribution in [-0.2, 0) is 0 Å². The monoisotopic (exact) mass is 222 g/mol. The molecule has 1 heterocycles. The Morgan fingerprint density at radius 2 is 1.94 bits per heavy atom. The van der Waals surface area contributed by atoms with Crippen molar-refractivity contribution in [1.29, 1.82) is 0 Å². The molecule has 3 nitrogen and oxygen atoms in total. The summed E-state index contributed by atoms with van der Waals surface area (Å²) in [5.41, 5.74) is 0.639. The Kier molecular flexibility index (Phi) is 4.08. The molecule has 0 aliphatic carbocycles. The van der Waals surface area contributed by atoms with E-state index in [0.29, 0.717) is 0 Å². The number of hydrogen-bond donors (Lipinski definition) is 1. The number of benzene rings is 1. The first-order valence-electron chi connectivity index (χ1n) is 5.28. The third kappa shape index (κ3) is 3.15. The van der Waals surface area contributed by atoms with Crippen molar-refractivity contribution in [3.63, 3.8) is 0 Å². The first-order chi connectivity index (χ1) is 7.47. The molecule has 1 aromatic carbocycles. The van der Waals surface area contributed by atoms with Crippen molar-refractivity contribution in [2.45, 2.75) is 26.3 Å². The fourth-order valence-corrected chi connectivity index (χ4v) is 1.56. The number of carbonyl (C=O) groups excluding carboxylic acids is 1. The van der Waals surface area contributed by atoms with Gasteiger partial charge in [0.2, 0.25) is 6.03 Å². The molecule has 0 atom stereocenters. The number of carbonyl (C=O) groups is 1. The summed E-state index contributed by atoms with van der Waals surface area (Å²) < 4.78 is 1.51. The molecule has 2 aromatic rings. The van der Waals surface area contributed by atoms with Crippen molar-refractivity contribution in [2.75, 3.05) is 0 Å². The van der Waals surface area contributed by atoms with Gasteiger partial charge in [0.1, 0.15) is 0 Å². The zero-order valence-electron chi connectivity index (χ0n) is 10.7. The summed E-state index contributed by atoms with van der Waals surface area (Å²) in [5.74, 6) is 0. The summed E-state index contributed by atoms with van der Waals surface area (Å²) in [4.78, 5) is 12.0. The van der Waals surface area contributed by atoms with Gasteiger partial charge in [0.05, 0.1) is 0 Å². The number of fused-ring (bicyclic) bond motifs is 1. The molecular formula is C13H15LiN2O. The Bertz CT molecular complexity index is 525. The average Bonchev–Trinajstić information content (AvgIpc) is 2.58. The van der Waals surface area contributed by atoms with E-state index in [9.17, 15) is 4.79 Å². The van der Waals surface area contributed by atoms with Gasteiger partial charge < -0.3 is 14.7 Å². The molecule has 17 heavy (non-hydrogen) atoms. The van der Waals surface area contributed by atoms with E-state index in [1.165, 1.54) is 4.57 Å². The van der Waals surface area contributed by atoms with Crippen molar-refractivity contribution in [3.05, 3.63) is 36.5 Å². The van der Waals surface area contributed by atoms with Gasteiger partial charge in [0, 0.05) is 5.54 Å². The SMILES string of the molecule is CC(C)(C)NC(=O)n1[c-]cc2ccccc21.[Li+]. The predicted octanol–water partition coefficient (Wildman–Crippen LogP) is -0.198. The Balaban J connectivity index is 0.00000144. The number of rotatable bonds is 0. The maximum atomic E-state index is 12.0. The van der Waals surface area contributed by atoms with Crippen LogP contribution in [0.15, 0.2) is 30.3 Å². The fourth-order valence-electron chi connectivity index (χ4n) is 1.56. The molecule has 0 spiro atoms. The van der Waals surface area contributed by atoms with Crippen LogP contribution in [0.3, 0.4) is 0 Å². The zero-order chi connectivity index (χ0) is 11.8. The minimum absolute atomic E-state index is 0. The molecule has 0 aliphatic heterocycles. The topological polar surface area (TPSA) is 34.0 Å². The van der Waals surface area contributed by atoms with E-state index < -0.39 is 0 Å². The average molecular weight is 222 g/mol. The third-order valence-electron chi connectivity index (χ3n) is 2.21. The van der Waals surface area contributed by atoms with E-state index >= 15 is 0 Å². The van der Waals surface area contributed by atoms with Gasteiger partial charge >= 0.3 is 18.9 Å². The zero-order valence-corrected chi connectivity index (χ0v) is 10.7. The van der Waals surface area contributed by atoms with Gasteiger partial charge in [-0.15, -0.1) is 17.5 Å². The van der Waals surface area contributed by atoms with E-state index in [4.69, 9.17) is 0 Å². The molecule has 84 valence electrons. The van der Waals surface area contributed by atoms with Crippen LogP contribution in [0.5, 0.6) is 0 Å².